The molecule has 0 amide bonds. The minimum absolute atomic E-state index is 0. The fraction of sp³-hybridized carbons (Fsp3) is 0.833. The van der Waals surface area contributed by atoms with E-state index in [4.69, 9.17) is 0 Å². The first-order chi connectivity index (χ1) is 14.7. The predicted molar refractivity (Wildman–Crippen MR) is 99.9 cm³/mol. The van der Waals surface area contributed by atoms with Crippen LogP contribution in [0.15, 0.2) is 0 Å². The standard InChI is InChI=1S/C18H34N4O9.3Na/c23-12-14(15(25)13-24)22-7-5-20(10-17(28)29)3-1-19(9-16(26)27)2-4-21(6-8-22)11-18(30)31;;;/h14-15,23-25H,1-13H2,(H,26,27)(H,28,29)(H,30,31);;;/q;3*+1/p-3/t14-,15-;;;/m1.../s1. The molecule has 34 heavy (non-hydrogen) atoms. The van der Waals surface area contributed by atoms with Crippen LogP contribution in [0.3, 0.4) is 0 Å². The minimum Gasteiger partial charge on any atom is -0.549 e. The normalized spacial score (nSPS) is 19.1. The molecule has 1 aliphatic heterocycles. The van der Waals surface area contributed by atoms with E-state index in [0.717, 1.165) is 0 Å². The first kappa shape index (κ1) is 39.6. The molecule has 16 heteroatoms. The molecule has 1 aliphatic rings. The average Bonchev–Trinajstić information content (AvgIpc) is 2.68. The summed E-state index contributed by atoms with van der Waals surface area (Å²) in [6.07, 6.45) is -1.25. The summed E-state index contributed by atoms with van der Waals surface area (Å²) in [5.74, 6) is -3.92. The Morgan fingerprint density at radius 1 is 0.618 bits per heavy atom. The molecule has 2 atom stereocenters. The number of hydrogen-bond donors (Lipinski definition) is 3. The number of carbonyl (C=O) groups is 3. The van der Waals surface area contributed by atoms with Gasteiger partial charge in [-0.2, -0.15) is 0 Å². The van der Waals surface area contributed by atoms with Crippen molar-refractivity contribution in [1.82, 2.24) is 19.6 Å². The van der Waals surface area contributed by atoms with E-state index in [2.05, 4.69) is 0 Å². The molecule has 0 saturated carbocycles. The number of carboxylic acids is 3. The first-order valence-corrected chi connectivity index (χ1v) is 10.1. The van der Waals surface area contributed by atoms with Gasteiger partial charge in [0.25, 0.3) is 0 Å². The number of hydrogen-bond acceptors (Lipinski definition) is 13. The van der Waals surface area contributed by atoms with Gasteiger partial charge < -0.3 is 45.0 Å². The molecule has 13 nitrogen and oxygen atoms in total. The molecule has 0 aromatic rings. The molecule has 0 aromatic carbocycles. The van der Waals surface area contributed by atoms with Crippen LogP contribution in [0, 0.1) is 0 Å². The third-order valence-electron chi connectivity index (χ3n) is 5.22. The van der Waals surface area contributed by atoms with Crippen molar-refractivity contribution in [2.45, 2.75) is 12.1 Å². The second-order valence-corrected chi connectivity index (χ2v) is 7.48. The second-order valence-electron chi connectivity index (χ2n) is 7.48. The van der Waals surface area contributed by atoms with Gasteiger partial charge in [0.05, 0.1) is 43.3 Å². The Balaban J connectivity index is -0.00000320. The fourth-order valence-electron chi connectivity index (χ4n) is 3.51. The van der Waals surface area contributed by atoms with Crippen LogP contribution in [0.4, 0.5) is 0 Å². The summed E-state index contributed by atoms with van der Waals surface area (Å²) in [4.78, 5) is 39.5. The molecule has 1 fully saturated rings. The molecule has 1 saturated heterocycles. The molecule has 0 aliphatic carbocycles. The number of nitrogens with zero attached hydrogens (tertiary/aromatic N) is 4. The van der Waals surface area contributed by atoms with Crippen LogP contribution in [0.2, 0.25) is 0 Å². The van der Waals surface area contributed by atoms with Crippen LogP contribution in [-0.2, 0) is 14.4 Å². The van der Waals surface area contributed by atoms with Crippen LogP contribution in [-0.4, -0.2) is 150 Å². The first-order valence-electron chi connectivity index (χ1n) is 10.1. The van der Waals surface area contributed by atoms with Gasteiger partial charge in [-0.1, -0.05) is 0 Å². The van der Waals surface area contributed by atoms with Crippen LogP contribution in [0.25, 0.3) is 0 Å². The van der Waals surface area contributed by atoms with Gasteiger partial charge in [-0.3, -0.25) is 19.6 Å². The van der Waals surface area contributed by atoms with E-state index in [0.29, 0.717) is 0 Å². The molecule has 0 radical (unpaired) electrons. The summed E-state index contributed by atoms with van der Waals surface area (Å²) >= 11 is 0. The topological polar surface area (TPSA) is 194 Å². The van der Waals surface area contributed by atoms with Crippen molar-refractivity contribution in [3.63, 3.8) is 0 Å². The van der Waals surface area contributed by atoms with Gasteiger partial charge in [-0.15, -0.1) is 0 Å². The second kappa shape index (κ2) is 22.1. The van der Waals surface area contributed by atoms with Gasteiger partial charge in [0, 0.05) is 72.0 Å². The van der Waals surface area contributed by atoms with E-state index in [1.807, 2.05) is 0 Å². The summed E-state index contributed by atoms with van der Waals surface area (Å²) in [6.45, 7) is -0.648. The van der Waals surface area contributed by atoms with Gasteiger partial charge in [-0.25, -0.2) is 0 Å². The van der Waals surface area contributed by atoms with E-state index in [1.54, 1.807) is 14.7 Å². The molecule has 1 rings (SSSR count). The Labute approximate surface area is 265 Å². The molecule has 0 unspecified atom stereocenters. The maximum Gasteiger partial charge on any atom is 1.00 e. The third kappa shape index (κ3) is 16.8. The van der Waals surface area contributed by atoms with E-state index < -0.39 is 56.4 Å². The van der Waals surface area contributed by atoms with Crippen molar-refractivity contribution in [1.29, 1.82) is 0 Å². The summed E-state index contributed by atoms with van der Waals surface area (Å²) < 4.78 is 0. The summed E-state index contributed by atoms with van der Waals surface area (Å²) in [6, 6.07) is -0.836. The quantitative estimate of drug-likeness (QED) is 0.232. The van der Waals surface area contributed by atoms with Crippen LogP contribution >= 0.6 is 0 Å². The van der Waals surface area contributed by atoms with E-state index >= 15 is 0 Å². The van der Waals surface area contributed by atoms with Crippen LogP contribution < -0.4 is 104 Å². The predicted octanol–water partition coefficient (Wildman–Crippen LogP) is -16.8. The van der Waals surface area contributed by atoms with Gasteiger partial charge in [0.1, 0.15) is 0 Å². The Morgan fingerprint density at radius 2 is 0.912 bits per heavy atom. The maximum atomic E-state index is 11.1. The van der Waals surface area contributed by atoms with Gasteiger partial charge >= 0.3 is 88.7 Å². The Bertz CT molecular complexity index is 563. The monoisotopic (exact) mass is 516 g/mol. The number of carbonyl (C=O) groups excluding carboxylic acids is 3. The number of aliphatic hydroxyl groups is 3. The van der Waals surface area contributed by atoms with E-state index in [1.165, 1.54) is 4.90 Å². The van der Waals surface area contributed by atoms with Gasteiger partial charge in [0.2, 0.25) is 0 Å². The smallest absolute Gasteiger partial charge is 0.549 e. The summed E-state index contributed by atoms with van der Waals surface area (Å²) in [5, 5.41) is 62.3. The minimum atomic E-state index is -1.31. The maximum absolute atomic E-state index is 11.1. The van der Waals surface area contributed by atoms with E-state index in [-0.39, 0.29) is 148 Å². The van der Waals surface area contributed by atoms with E-state index in [9.17, 15) is 45.0 Å². The molecule has 3 N–H and O–H groups in total. The average molecular weight is 516 g/mol. The third-order valence-corrected chi connectivity index (χ3v) is 5.22. The van der Waals surface area contributed by atoms with Gasteiger partial charge in [0.15, 0.2) is 0 Å². The van der Waals surface area contributed by atoms with Crippen molar-refractivity contribution in [3.05, 3.63) is 0 Å². The zero-order valence-electron chi connectivity index (χ0n) is 20.4. The SMILES string of the molecule is O=C([O-])CN1CCN(CC(=O)[O-])CCN([C@H](CO)[C@H](O)CO)CCN(CC(=O)[O-])CC1.[Na+].[Na+].[Na+]. The molecule has 0 bridgehead atoms. The van der Waals surface area contributed by atoms with Crippen molar-refractivity contribution in [2.24, 2.45) is 0 Å². The number of carboxylic acid groups (broad SMARTS) is 3. The van der Waals surface area contributed by atoms with Crippen LogP contribution in [0.5, 0.6) is 0 Å². The Hall–Kier alpha value is 1.13. The Kier molecular flexibility index (Phi) is 25.8. The molecular formula is C18H31N4Na3O9. The molecule has 0 aromatic heterocycles. The van der Waals surface area contributed by atoms with Gasteiger partial charge in [-0.05, 0) is 0 Å². The summed E-state index contributed by atoms with van der Waals surface area (Å²) in [7, 11) is 0. The zero-order valence-corrected chi connectivity index (χ0v) is 26.4. The zero-order chi connectivity index (χ0) is 23.4. The van der Waals surface area contributed by atoms with Crippen molar-refractivity contribution < 1.29 is 134 Å². The number of rotatable bonds is 10. The summed E-state index contributed by atoms with van der Waals surface area (Å²) in [5.41, 5.74) is 0. The van der Waals surface area contributed by atoms with Crippen molar-refractivity contribution in [3.8, 4) is 0 Å². The van der Waals surface area contributed by atoms with Crippen molar-refractivity contribution in [2.75, 3.05) is 85.2 Å². The molecule has 0 spiro atoms. The van der Waals surface area contributed by atoms with Crippen molar-refractivity contribution >= 4 is 17.9 Å². The Morgan fingerprint density at radius 3 is 1.15 bits per heavy atom. The number of aliphatic hydroxyl groups excluding tert-OH is 3. The number of aliphatic carboxylic acids is 3. The molecular weight excluding hydrogens is 485 g/mol. The molecule has 180 valence electrons. The molecule has 1 heterocycles. The fourth-order valence-corrected chi connectivity index (χ4v) is 3.51. The largest absolute Gasteiger partial charge is 1.00 e. The van der Waals surface area contributed by atoms with Crippen LogP contribution in [0.1, 0.15) is 0 Å².